The number of thioether (sulfide) groups is 1. The smallest absolute Gasteiger partial charge is 0.315 e. The minimum atomic E-state index is -0.771. The van der Waals surface area contributed by atoms with Crippen molar-refractivity contribution in [2.45, 2.75) is 43.0 Å². The van der Waals surface area contributed by atoms with E-state index in [1.54, 1.807) is 0 Å². The van der Waals surface area contributed by atoms with Gasteiger partial charge in [-0.25, -0.2) is 9.18 Å². The van der Waals surface area contributed by atoms with Crippen LogP contribution < -0.4 is 21.3 Å². The second kappa shape index (κ2) is 17.6. The fraction of sp³-hybridized carbons (Fsp3) is 0.640. The molecule has 0 radical (unpaired) electrons. The first-order valence-corrected chi connectivity index (χ1v) is 14.3. The van der Waals surface area contributed by atoms with Crippen LogP contribution in [-0.2, 0) is 19.0 Å². The minimum Gasteiger partial charge on any atom is -0.377 e. The van der Waals surface area contributed by atoms with Crippen molar-refractivity contribution in [1.82, 2.24) is 21.3 Å². The molecule has 40 heavy (non-hydrogen) atoms. The third kappa shape index (κ3) is 10.8. The summed E-state index contributed by atoms with van der Waals surface area (Å²) in [7, 11) is 0. The van der Waals surface area contributed by atoms with Crippen molar-refractivity contribution in [3.8, 4) is 0 Å². The van der Waals surface area contributed by atoms with Crippen molar-refractivity contribution in [2.24, 2.45) is 5.11 Å². The van der Waals surface area contributed by atoms with Gasteiger partial charge in [-0.3, -0.25) is 9.59 Å². The number of amides is 4. The van der Waals surface area contributed by atoms with Crippen LogP contribution in [0, 0.1) is 5.82 Å². The zero-order chi connectivity index (χ0) is 28.6. The standard InChI is InChI=1S/C25H36FN7O6S/c26-18-15-17(5-6-19(18)32-33-27)24(35)29-8-10-38-12-14-39-13-11-37-9-7-28-22(34)4-2-1-3-21-23-20(16-40-21)30-25(36)31-23/h5-6,15,20-21,23H,1-4,7-14,16H2,(H,28,34)(H,29,35)(H2,30,31,36)/t20-,21-,23-/m0/s1. The van der Waals surface area contributed by atoms with Gasteiger partial charge in [0.1, 0.15) is 5.82 Å². The van der Waals surface area contributed by atoms with Crippen LogP contribution in [0.1, 0.15) is 36.0 Å². The van der Waals surface area contributed by atoms with E-state index in [1.165, 1.54) is 12.1 Å². The number of hydrogen-bond donors (Lipinski definition) is 4. The fourth-order valence-electron chi connectivity index (χ4n) is 4.28. The lowest BCUT2D eigenvalue weighted by molar-refractivity contribution is -0.121. The topological polar surface area (TPSA) is 176 Å². The molecule has 2 aliphatic heterocycles. The van der Waals surface area contributed by atoms with Crippen molar-refractivity contribution >= 4 is 35.3 Å². The number of nitrogens with zero attached hydrogens (tertiary/aromatic N) is 3. The second-order valence-corrected chi connectivity index (χ2v) is 10.4. The molecular weight excluding hydrogens is 545 g/mol. The largest absolute Gasteiger partial charge is 0.377 e. The Morgan fingerprint density at radius 2 is 1.75 bits per heavy atom. The van der Waals surface area contributed by atoms with Crippen molar-refractivity contribution in [2.75, 3.05) is 58.5 Å². The molecule has 2 heterocycles. The van der Waals surface area contributed by atoms with Gasteiger partial charge in [-0.2, -0.15) is 11.8 Å². The molecule has 0 spiro atoms. The Labute approximate surface area is 236 Å². The average Bonchev–Trinajstić information content (AvgIpc) is 3.49. The summed E-state index contributed by atoms with van der Waals surface area (Å²) in [6.45, 7) is 2.84. The number of azide groups is 1. The third-order valence-electron chi connectivity index (χ3n) is 6.29. The maximum absolute atomic E-state index is 13.7. The van der Waals surface area contributed by atoms with Gasteiger partial charge in [0.25, 0.3) is 5.91 Å². The molecule has 2 fully saturated rings. The maximum Gasteiger partial charge on any atom is 0.315 e. The molecule has 3 rings (SSSR count). The third-order valence-corrected chi connectivity index (χ3v) is 7.80. The Balaban J connectivity index is 1.06. The monoisotopic (exact) mass is 581 g/mol. The summed E-state index contributed by atoms with van der Waals surface area (Å²) >= 11 is 1.88. The maximum atomic E-state index is 13.7. The number of halogens is 1. The van der Waals surface area contributed by atoms with E-state index in [-0.39, 0.29) is 48.4 Å². The summed E-state index contributed by atoms with van der Waals surface area (Å²) in [6.07, 6.45) is 3.24. The van der Waals surface area contributed by atoms with E-state index in [1.807, 2.05) is 11.8 Å². The van der Waals surface area contributed by atoms with Crippen molar-refractivity contribution in [3.05, 3.63) is 40.0 Å². The Morgan fingerprint density at radius 3 is 2.45 bits per heavy atom. The van der Waals surface area contributed by atoms with E-state index in [4.69, 9.17) is 19.7 Å². The highest BCUT2D eigenvalue weighted by atomic mass is 32.2. The molecule has 2 saturated heterocycles. The zero-order valence-corrected chi connectivity index (χ0v) is 23.1. The van der Waals surface area contributed by atoms with Gasteiger partial charge >= 0.3 is 6.03 Å². The highest BCUT2D eigenvalue weighted by molar-refractivity contribution is 8.00. The van der Waals surface area contributed by atoms with Gasteiger partial charge in [-0.1, -0.05) is 11.5 Å². The first-order chi connectivity index (χ1) is 19.5. The number of unbranched alkanes of at least 4 members (excludes halogenated alkanes) is 1. The molecule has 15 heteroatoms. The number of carbonyl (C=O) groups is 3. The summed E-state index contributed by atoms with van der Waals surface area (Å²) in [4.78, 5) is 37.9. The molecule has 220 valence electrons. The van der Waals surface area contributed by atoms with E-state index >= 15 is 0 Å². The van der Waals surface area contributed by atoms with Crippen molar-refractivity contribution < 1.29 is 33.0 Å². The molecule has 4 amide bonds. The Kier molecular flexibility index (Phi) is 13.8. The fourth-order valence-corrected chi connectivity index (χ4v) is 5.83. The Morgan fingerprint density at radius 1 is 1.05 bits per heavy atom. The number of hydrogen-bond acceptors (Lipinski definition) is 8. The van der Waals surface area contributed by atoms with E-state index < -0.39 is 11.7 Å². The van der Waals surface area contributed by atoms with Gasteiger partial charge < -0.3 is 35.5 Å². The van der Waals surface area contributed by atoms with Gasteiger partial charge in [-0.05, 0) is 36.6 Å². The molecule has 0 bridgehead atoms. The van der Waals surface area contributed by atoms with Crippen molar-refractivity contribution in [3.63, 3.8) is 0 Å². The second-order valence-electron chi connectivity index (χ2n) is 9.17. The van der Waals surface area contributed by atoms with Gasteiger partial charge in [0.05, 0.1) is 57.4 Å². The molecule has 0 unspecified atom stereocenters. The zero-order valence-electron chi connectivity index (χ0n) is 22.2. The van der Waals surface area contributed by atoms with Crippen molar-refractivity contribution in [1.29, 1.82) is 0 Å². The number of benzene rings is 1. The van der Waals surface area contributed by atoms with Gasteiger partial charge in [-0.15, -0.1) is 0 Å². The lowest BCUT2D eigenvalue weighted by Crippen LogP contribution is -2.36. The normalized spacial score (nSPS) is 19.3. The quantitative estimate of drug-likeness (QED) is 0.0637. The number of ether oxygens (including phenoxy) is 3. The summed E-state index contributed by atoms with van der Waals surface area (Å²) < 4.78 is 30.0. The Hall–Kier alpha value is -3.10. The van der Waals surface area contributed by atoms with E-state index in [0.717, 1.165) is 31.1 Å². The van der Waals surface area contributed by atoms with Crippen LogP contribution in [0.2, 0.25) is 0 Å². The van der Waals surface area contributed by atoms with E-state index in [0.29, 0.717) is 51.2 Å². The molecule has 3 atom stereocenters. The van der Waals surface area contributed by atoms with E-state index in [2.05, 4.69) is 31.3 Å². The SMILES string of the molecule is [N-]=[N+]=Nc1ccc(C(=O)NCCOCCOCCOCCNC(=O)CCCC[C@@H]2SC[C@@H]3NC(=O)N[C@@H]32)cc1F. The lowest BCUT2D eigenvalue weighted by atomic mass is 10.0. The van der Waals surface area contributed by atoms with Gasteiger partial charge in [0.2, 0.25) is 5.91 Å². The molecule has 0 aliphatic carbocycles. The minimum absolute atomic E-state index is 0.0105. The number of urea groups is 1. The molecular formula is C25H36FN7O6S. The van der Waals surface area contributed by atoms with Crippen LogP contribution in [-0.4, -0.2) is 93.7 Å². The average molecular weight is 582 g/mol. The van der Waals surface area contributed by atoms with Crippen LogP contribution in [0.5, 0.6) is 0 Å². The van der Waals surface area contributed by atoms with Crippen LogP contribution in [0.4, 0.5) is 14.9 Å². The molecule has 4 N–H and O–H groups in total. The summed E-state index contributed by atoms with van der Waals surface area (Å²) in [5, 5.41) is 15.0. The number of nitrogens with one attached hydrogen (secondary N) is 4. The van der Waals surface area contributed by atoms with Crippen LogP contribution >= 0.6 is 11.8 Å². The van der Waals surface area contributed by atoms with Gasteiger partial charge in [0.15, 0.2) is 0 Å². The number of fused-ring (bicyclic) bond motifs is 1. The summed E-state index contributed by atoms with van der Waals surface area (Å²) in [6, 6.07) is 3.98. The Bertz CT molecular complexity index is 1040. The molecule has 1 aromatic carbocycles. The lowest BCUT2D eigenvalue weighted by Gasteiger charge is -2.16. The van der Waals surface area contributed by atoms with Crippen LogP contribution in [0.25, 0.3) is 10.4 Å². The summed E-state index contributed by atoms with van der Waals surface area (Å²) in [5.41, 5.74) is 8.30. The molecule has 13 nitrogen and oxygen atoms in total. The predicted octanol–water partition coefficient (Wildman–Crippen LogP) is 2.39. The van der Waals surface area contributed by atoms with E-state index in [9.17, 15) is 18.8 Å². The first kappa shape index (κ1) is 31.4. The highest BCUT2D eigenvalue weighted by Crippen LogP contribution is 2.33. The number of carbonyl (C=O) groups excluding carboxylic acids is 3. The van der Waals surface area contributed by atoms with Crippen LogP contribution in [0.3, 0.4) is 0 Å². The molecule has 1 aromatic rings. The highest BCUT2D eigenvalue weighted by Gasteiger charge is 2.42. The predicted molar refractivity (Wildman–Crippen MR) is 147 cm³/mol. The molecule has 2 aliphatic rings. The number of rotatable bonds is 19. The van der Waals surface area contributed by atoms with Crippen LogP contribution in [0.15, 0.2) is 23.3 Å². The molecule has 0 aromatic heterocycles. The first-order valence-electron chi connectivity index (χ1n) is 13.3. The summed E-state index contributed by atoms with van der Waals surface area (Å²) in [5.74, 6) is -0.279. The van der Waals surface area contributed by atoms with Gasteiger partial charge in [0, 0.05) is 41.0 Å². The molecule has 0 saturated carbocycles.